The fourth-order valence-corrected chi connectivity index (χ4v) is 1.08. The fourth-order valence-electron chi connectivity index (χ4n) is 0.499. The third-order valence-electron chi connectivity index (χ3n) is 0.945. The molecule has 1 nitrogen and oxygen atoms in total. The Bertz CT molecular complexity index is 54.5. The maximum absolute atomic E-state index is 8.99. The number of aliphatic hydroxyl groups excluding tert-OH is 1. The molecule has 0 saturated heterocycles. The lowest BCUT2D eigenvalue weighted by molar-refractivity contribution is 0.234. The second-order valence-electron chi connectivity index (χ2n) is 2.32. The van der Waals surface area contributed by atoms with Crippen molar-refractivity contribution in [1.29, 1.82) is 0 Å². The van der Waals surface area contributed by atoms with E-state index in [1.807, 2.05) is 6.26 Å². The Kier molecular flexibility index (Phi) is 4.38. The first-order valence-electron chi connectivity index (χ1n) is 2.87. The molecule has 0 aromatic rings. The van der Waals surface area contributed by atoms with Gasteiger partial charge in [0.25, 0.3) is 0 Å². The molecule has 0 radical (unpaired) electrons. The molecule has 2 heteroatoms. The van der Waals surface area contributed by atoms with Crippen molar-refractivity contribution in [2.75, 3.05) is 6.26 Å². The quantitative estimate of drug-likeness (QED) is 0.593. The Morgan fingerprint density at radius 2 is 2.00 bits per heavy atom. The highest BCUT2D eigenvalue weighted by Gasteiger charge is 2.02. The normalized spacial score (nSPS) is 14.6. The van der Waals surface area contributed by atoms with Gasteiger partial charge in [-0.25, -0.2) is 0 Å². The van der Waals surface area contributed by atoms with Crippen LogP contribution in [0.1, 0.15) is 20.3 Å². The first kappa shape index (κ1) is 8.31. The zero-order valence-corrected chi connectivity index (χ0v) is 6.53. The Labute approximate surface area is 55.5 Å². The summed E-state index contributed by atoms with van der Waals surface area (Å²) in [6.45, 7) is 4.22. The smallest absolute Gasteiger partial charge is 0.0992 e. The standard InChI is InChI=1S/C6H14OS/c1-5(2)4-6(7)8-3/h5-7H,4H2,1-3H3. The Hall–Kier alpha value is 0.310. The van der Waals surface area contributed by atoms with Crippen molar-refractivity contribution in [1.82, 2.24) is 0 Å². The number of hydrogen-bond acceptors (Lipinski definition) is 2. The summed E-state index contributed by atoms with van der Waals surface area (Å²) in [5, 5.41) is 8.99. The Morgan fingerprint density at radius 3 is 2.12 bits per heavy atom. The third-order valence-corrected chi connectivity index (χ3v) is 1.68. The lowest BCUT2D eigenvalue weighted by Gasteiger charge is -2.08. The number of thioether (sulfide) groups is 1. The molecule has 1 atom stereocenters. The minimum Gasteiger partial charge on any atom is -0.382 e. The molecule has 0 heterocycles. The van der Waals surface area contributed by atoms with Crippen molar-refractivity contribution in [3.63, 3.8) is 0 Å². The third kappa shape index (κ3) is 4.47. The topological polar surface area (TPSA) is 20.2 Å². The van der Waals surface area contributed by atoms with Gasteiger partial charge in [-0.15, -0.1) is 11.8 Å². The van der Waals surface area contributed by atoms with Crippen LogP contribution in [-0.4, -0.2) is 16.8 Å². The summed E-state index contributed by atoms with van der Waals surface area (Å²) in [5.74, 6) is 0.609. The van der Waals surface area contributed by atoms with Crippen LogP contribution in [0.3, 0.4) is 0 Å². The Balaban J connectivity index is 3.10. The predicted octanol–water partition coefficient (Wildman–Crippen LogP) is 1.71. The second kappa shape index (κ2) is 4.21. The molecule has 0 aliphatic carbocycles. The summed E-state index contributed by atoms with van der Waals surface area (Å²) in [6, 6.07) is 0. The number of aliphatic hydroxyl groups is 1. The molecule has 50 valence electrons. The summed E-state index contributed by atoms with van der Waals surface area (Å²) >= 11 is 1.51. The van der Waals surface area contributed by atoms with Gasteiger partial charge in [0.2, 0.25) is 0 Å². The zero-order chi connectivity index (χ0) is 6.57. The highest BCUT2D eigenvalue weighted by Crippen LogP contribution is 2.12. The first-order valence-corrected chi connectivity index (χ1v) is 4.16. The van der Waals surface area contributed by atoms with E-state index in [2.05, 4.69) is 13.8 Å². The van der Waals surface area contributed by atoms with Crippen molar-refractivity contribution >= 4 is 11.8 Å². The van der Waals surface area contributed by atoms with Crippen LogP contribution in [0.2, 0.25) is 0 Å². The summed E-state index contributed by atoms with van der Waals surface area (Å²) in [4.78, 5) is 0. The molecule has 0 saturated carbocycles. The molecular formula is C6H14OS. The van der Waals surface area contributed by atoms with Gasteiger partial charge in [-0.05, 0) is 18.6 Å². The monoisotopic (exact) mass is 134 g/mol. The molecule has 0 aromatic heterocycles. The average molecular weight is 134 g/mol. The summed E-state index contributed by atoms with van der Waals surface area (Å²) in [6.07, 6.45) is 2.83. The number of rotatable bonds is 3. The second-order valence-corrected chi connectivity index (χ2v) is 3.34. The van der Waals surface area contributed by atoms with E-state index in [9.17, 15) is 0 Å². The van der Waals surface area contributed by atoms with E-state index >= 15 is 0 Å². The van der Waals surface area contributed by atoms with Gasteiger partial charge in [0.05, 0.1) is 5.44 Å². The van der Waals surface area contributed by atoms with Crippen molar-refractivity contribution in [2.45, 2.75) is 25.7 Å². The predicted molar refractivity (Wildman–Crippen MR) is 39.0 cm³/mol. The van der Waals surface area contributed by atoms with Gasteiger partial charge in [-0.3, -0.25) is 0 Å². The van der Waals surface area contributed by atoms with Crippen molar-refractivity contribution in [2.24, 2.45) is 5.92 Å². The number of hydrogen-bond donors (Lipinski definition) is 1. The van der Waals surface area contributed by atoms with Crippen LogP contribution in [0.15, 0.2) is 0 Å². The zero-order valence-electron chi connectivity index (χ0n) is 5.72. The van der Waals surface area contributed by atoms with Gasteiger partial charge in [-0.2, -0.15) is 0 Å². The molecule has 0 amide bonds. The summed E-state index contributed by atoms with van der Waals surface area (Å²) in [7, 11) is 0. The van der Waals surface area contributed by atoms with Crippen LogP contribution in [-0.2, 0) is 0 Å². The van der Waals surface area contributed by atoms with E-state index in [0.717, 1.165) is 6.42 Å². The highest BCUT2D eigenvalue weighted by atomic mass is 32.2. The van der Waals surface area contributed by atoms with E-state index in [4.69, 9.17) is 5.11 Å². The van der Waals surface area contributed by atoms with E-state index in [1.54, 1.807) is 0 Å². The maximum atomic E-state index is 8.99. The first-order chi connectivity index (χ1) is 3.66. The van der Waals surface area contributed by atoms with Gasteiger partial charge in [-0.1, -0.05) is 13.8 Å². The van der Waals surface area contributed by atoms with Gasteiger partial charge in [0, 0.05) is 0 Å². The van der Waals surface area contributed by atoms with E-state index < -0.39 is 0 Å². The van der Waals surface area contributed by atoms with E-state index in [-0.39, 0.29) is 5.44 Å². The van der Waals surface area contributed by atoms with Gasteiger partial charge in [0.15, 0.2) is 0 Å². The van der Waals surface area contributed by atoms with E-state index in [1.165, 1.54) is 11.8 Å². The molecule has 0 spiro atoms. The van der Waals surface area contributed by atoms with Gasteiger partial charge < -0.3 is 5.11 Å². The van der Waals surface area contributed by atoms with Crippen LogP contribution in [0.4, 0.5) is 0 Å². The van der Waals surface area contributed by atoms with Crippen molar-refractivity contribution in [3.8, 4) is 0 Å². The molecule has 8 heavy (non-hydrogen) atoms. The molecule has 0 bridgehead atoms. The molecule has 1 unspecified atom stereocenters. The van der Waals surface area contributed by atoms with Crippen molar-refractivity contribution < 1.29 is 5.11 Å². The van der Waals surface area contributed by atoms with Crippen LogP contribution in [0.25, 0.3) is 0 Å². The van der Waals surface area contributed by atoms with Crippen molar-refractivity contribution in [3.05, 3.63) is 0 Å². The summed E-state index contributed by atoms with van der Waals surface area (Å²) in [5.41, 5.74) is -0.157. The van der Waals surface area contributed by atoms with E-state index in [0.29, 0.717) is 5.92 Å². The van der Waals surface area contributed by atoms with Crippen LogP contribution < -0.4 is 0 Å². The SMILES string of the molecule is CSC(O)CC(C)C. The van der Waals surface area contributed by atoms with Crippen LogP contribution >= 0.6 is 11.8 Å². The lowest BCUT2D eigenvalue weighted by Crippen LogP contribution is -2.03. The maximum Gasteiger partial charge on any atom is 0.0992 e. The lowest BCUT2D eigenvalue weighted by atomic mass is 10.1. The minimum absolute atomic E-state index is 0.157. The largest absolute Gasteiger partial charge is 0.382 e. The highest BCUT2D eigenvalue weighted by molar-refractivity contribution is 7.99. The molecular weight excluding hydrogens is 120 g/mol. The van der Waals surface area contributed by atoms with Crippen LogP contribution in [0, 0.1) is 5.92 Å². The Morgan fingerprint density at radius 1 is 1.50 bits per heavy atom. The molecule has 0 aromatic carbocycles. The van der Waals surface area contributed by atoms with Gasteiger partial charge >= 0.3 is 0 Å². The average Bonchev–Trinajstić information content (AvgIpc) is 1.65. The molecule has 0 aliphatic rings. The summed E-state index contributed by atoms with van der Waals surface area (Å²) < 4.78 is 0. The molecule has 0 aliphatic heterocycles. The molecule has 1 N–H and O–H groups in total. The molecule has 0 rings (SSSR count). The van der Waals surface area contributed by atoms with Gasteiger partial charge in [0.1, 0.15) is 0 Å². The molecule has 0 fully saturated rings. The van der Waals surface area contributed by atoms with Crippen LogP contribution in [0.5, 0.6) is 0 Å². The fraction of sp³-hybridized carbons (Fsp3) is 1.00. The minimum atomic E-state index is -0.157.